The highest BCUT2D eigenvalue weighted by Crippen LogP contribution is 2.33. The van der Waals surface area contributed by atoms with Crippen LogP contribution in [0.1, 0.15) is 90.9 Å². The molecule has 0 aromatic rings. The van der Waals surface area contributed by atoms with Gasteiger partial charge in [0, 0.05) is 17.9 Å². The Hall–Kier alpha value is -0.750. The number of carbonyl (C=O) groups excluding carboxylic acids is 2. The molecule has 6 heteroatoms. The molecule has 0 atom stereocenters. The predicted octanol–water partition coefficient (Wildman–Crippen LogP) is 4.03. The standard InChI is InChI=1S/C19H35N3O2.C2H6.CH4S/c20-17(11-5-13-1-7-15(8-2-13)18(21)23)12-6-14-3-9-16(10-4-14)19(22)24;2*1-2/h13-17H,1-12,20H2,(H2,21,23)(H2,22,24);1-2H3;2H,1H3. The van der Waals surface area contributed by atoms with Crippen LogP contribution in [-0.4, -0.2) is 24.1 Å². The van der Waals surface area contributed by atoms with Gasteiger partial charge in [0.05, 0.1) is 0 Å². The zero-order valence-electron chi connectivity index (χ0n) is 18.4. The molecule has 0 radical (unpaired) electrons. The van der Waals surface area contributed by atoms with E-state index in [2.05, 4.69) is 12.6 Å². The quantitative estimate of drug-likeness (QED) is 0.449. The Morgan fingerprint density at radius 3 is 1.29 bits per heavy atom. The summed E-state index contributed by atoms with van der Waals surface area (Å²) in [4.78, 5) is 22.4. The van der Waals surface area contributed by atoms with E-state index in [-0.39, 0.29) is 29.7 Å². The monoisotopic (exact) mass is 415 g/mol. The maximum atomic E-state index is 11.2. The number of amides is 2. The van der Waals surface area contributed by atoms with Crippen LogP contribution < -0.4 is 17.2 Å². The summed E-state index contributed by atoms with van der Waals surface area (Å²) in [5.41, 5.74) is 17.1. The molecule has 2 rings (SSSR count). The number of carbonyl (C=O) groups is 2. The van der Waals surface area contributed by atoms with Crippen LogP contribution in [-0.2, 0) is 9.59 Å². The van der Waals surface area contributed by atoms with Crippen molar-refractivity contribution in [1.29, 1.82) is 0 Å². The third kappa shape index (κ3) is 10.7. The second-order valence-electron chi connectivity index (χ2n) is 8.15. The van der Waals surface area contributed by atoms with Crippen molar-refractivity contribution in [3.05, 3.63) is 0 Å². The van der Waals surface area contributed by atoms with Gasteiger partial charge in [0.25, 0.3) is 0 Å². The van der Waals surface area contributed by atoms with Gasteiger partial charge in [0.2, 0.25) is 11.8 Å². The van der Waals surface area contributed by atoms with E-state index in [0.29, 0.717) is 0 Å². The van der Waals surface area contributed by atoms with Crippen LogP contribution in [0.5, 0.6) is 0 Å². The van der Waals surface area contributed by atoms with Crippen molar-refractivity contribution < 1.29 is 9.59 Å². The normalized spacial score (nSPS) is 28.0. The molecule has 0 bridgehead atoms. The van der Waals surface area contributed by atoms with Gasteiger partial charge in [-0.3, -0.25) is 9.59 Å². The van der Waals surface area contributed by atoms with Crippen molar-refractivity contribution in [3.8, 4) is 0 Å². The van der Waals surface area contributed by atoms with Gasteiger partial charge in [-0.05, 0) is 95.1 Å². The van der Waals surface area contributed by atoms with E-state index in [1.54, 1.807) is 6.26 Å². The topological polar surface area (TPSA) is 112 Å². The van der Waals surface area contributed by atoms with Gasteiger partial charge in [-0.25, -0.2) is 0 Å². The highest BCUT2D eigenvalue weighted by Gasteiger charge is 2.26. The molecule has 0 aliphatic heterocycles. The van der Waals surface area contributed by atoms with E-state index < -0.39 is 0 Å². The Labute approximate surface area is 178 Å². The smallest absolute Gasteiger partial charge is 0.220 e. The van der Waals surface area contributed by atoms with Gasteiger partial charge in [0.1, 0.15) is 0 Å². The Kier molecular flexibility index (Phi) is 15.7. The summed E-state index contributed by atoms with van der Waals surface area (Å²) in [6.07, 6.45) is 14.5. The van der Waals surface area contributed by atoms with E-state index in [0.717, 1.165) is 76.0 Å². The minimum atomic E-state index is -0.129. The minimum Gasteiger partial charge on any atom is -0.369 e. The minimum absolute atomic E-state index is 0.102. The van der Waals surface area contributed by atoms with Gasteiger partial charge in [0.15, 0.2) is 0 Å². The van der Waals surface area contributed by atoms with Gasteiger partial charge >= 0.3 is 0 Å². The highest BCUT2D eigenvalue weighted by molar-refractivity contribution is 7.79. The van der Waals surface area contributed by atoms with Crippen molar-refractivity contribution in [2.24, 2.45) is 40.9 Å². The van der Waals surface area contributed by atoms with Crippen molar-refractivity contribution in [2.75, 3.05) is 6.26 Å². The molecule has 28 heavy (non-hydrogen) atoms. The number of nitrogens with two attached hydrogens (primary N) is 3. The molecule has 5 nitrogen and oxygen atoms in total. The highest BCUT2D eigenvalue weighted by atomic mass is 32.1. The third-order valence-electron chi connectivity index (χ3n) is 6.39. The fourth-order valence-corrected chi connectivity index (χ4v) is 4.52. The molecule has 0 unspecified atom stereocenters. The molecule has 0 aromatic carbocycles. The molecular formula is C22H45N3O2S. The summed E-state index contributed by atoms with van der Waals surface area (Å²) in [5, 5.41) is 0. The predicted molar refractivity (Wildman–Crippen MR) is 122 cm³/mol. The fourth-order valence-electron chi connectivity index (χ4n) is 4.52. The lowest BCUT2D eigenvalue weighted by atomic mass is 9.78. The second kappa shape index (κ2) is 16.1. The van der Waals surface area contributed by atoms with Gasteiger partial charge in [-0.1, -0.05) is 13.8 Å². The van der Waals surface area contributed by atoms with E-state index in [1.165, 1.54) is 12.8 Å². The van der Waals surface area contributed by atoms with Crippen LogP contribution in [0, 0.1) is 23.7 Å². The Morgan fingerprint density at radius 1 is 0.750 bits per heavy atom. The molecule has 0 aromatic heterocycles. The third-order valence-corrected chi connectivity index (χ3v) is 6.39. The van der Waals surface area contributed by atoms with E-state index in [9.17, 15) is 9.59 Å². The summed E-state index contributed by atoms with van der Waals surface area (Å²) >= 11 is 3.53. The fraction of sp³-hybridized carbons (Fsp3) is 0.909. The SMILES string of the molecule is CC.CS.NC(=O)C1CCC(CCC(N)CCC2CCC(C(N)=O)CC2)CC1. The maximum absolute atomic E-state index is 11.2. The second-order valence-corrected chi connectivity index (χ2v) is 8.15. The number of hydrogen-bond donors (Lipinski definition) is 4. The summed E-state index contributed by atoms with van der Waals surface area (Å²) in [6.45, 7) is 4.00. The average Bonchev–Trinajstić information content (AvgIpc) is 2.74. The lowest BCUT2D eigenvalue weighted by Crippen LogP contribution is -2.29. The molecule has 2 amide bonds. The van der Waals surface area contributed by atoms with Gasteiger partial charge in [-0.2, -0.15) is 12.6 Å². The lowest BCUT2D eigenvalue weighted by molar-refractivity contribution is -0.123. The first-order valence-electron chi connectivity index (χ1n) is 11.2. The number of primary amides is 2. The summed E-state index contributed by atoms with van der Waals surface area (Å²) in [5.74, 6) is 1.39. The van der Waals surface area contributed by atoms with Crippen molar-refractivity contribution >= 4 is 24.4 Å². The van der Waals surface area contributed by atoms with Crippen molar-refractivity contribution in [3.63, 3.8) is 0 Å². The summed E-state index contributed by atoms with van der Waals surface area (Å²) < 4.78 is 0. The Balaban J connectivity index is 0.00000171. The van der Waals surface area contributed by atoms with E-state index >= 15 is 0 Å². The molecule has 6 N–H and O–H groups in total. The first kappa shape index (κ1) is 27.2. The van der Waals surface area contributed by atoms with Crippen LogP contribution in [0.2, 0.25) is 0 Å². The largest absolute Gasteiger partial charge is 0.369 e. The van der Waals surface area contributed by atoms with E-state index in [4.69, 9.17) is 17.2 Å². The van der Waals surface area contributed by atoms with Crippen LogP contribution >= 0.6 is 12.6 Å². The zero-order valence-corrected chi connectivity index (χ0v) is 19.3. The van der Waals surface area contributed by atoms with Crippen molar-refractivity contribution in [2.45, 2.75) is 96.9 Å². The molecule has 0 spiro atoms. The van der Waals surface area contributed by atoms with Crippen LogP contribution in [0.15, 0.2) is 0 Å². The number of hydrogen-bond acceptors (Lipinski definition) is 4. The van der Waals surface area contributed by atoms with Gasteiger partial charge < -0.3 is 17.2 Å². The van der Waals surface area contributed by atoms with Crippen LogP contribution in [0.4, 0.5) is 0 Å². The molecule has 0 saturated heterocycles. The van der Waals surface area contributed by atoms with Crippen LogP contribution in [0.3, 0.4) is 0 Å². The molecule has 2 fully saturated rings. The van der Waals surface area contributed by atoms with Crippen LogP contribution in [0.25, 0.3) is 0 Å². The molecular weight excluding hydrogens is 370 g/mol. The molecule has 0 heterocycles. The Bertz CT molecular complexity index is 380. The van der Waals surface area contributed by atoms with Crippen molar-refractivity contribution in [1.82, 2.24) is 0 Å². The first-order chi connectivity index (χ1) is 13.5. The summed E-state index contributed by atoms with van der Waals surface area (Å²) in [7, 11) is 0. The number of thiol groups is 1. The molecule has 2 aliphatic rings. The average molecular weight is 416 g/mol. The van der Waals surface area contributed by atoms with Gasteiger partial charge in [-0.15, -0.1) is 0 Å². The molecule has 166 valence electrons. The zero-order chi connectivity index (χ0) is 21.5. The Morgan fingerprint density at radius 2 is 1.04 bits per heavy atom. The maximum Gasteiger partial charge on any atom is 0.220 e. The van der Waals surface area contributed by atoms with E-state index in [1.807, 2.05) is 13.8 Å². The first-order valence-corrected chi connectivity index (χ1v) is 12.1. The number of rotatable bonds is 8. The molecule has 2 aliphatic carbocycles. The molecule has 2 saturated carbocycles. The lowest BCUT2D eigenvalue weighted by Gasteiger charge is -2.29. The summed E-state index contributed by atoms with van der Waals surface area (Å²) in [6, 6.07) is 0.285.